The monoisotopic (exact) mass is 337 g/mol. The van der Waals surface area contributed by atoms with Crippen LogP contribution >= 0.6 is 0 Å². The highest BCUT2D eigenvalue weighted by Gasteiger charge is 2.35. The van der Waals surface area contributed by atoms with Gasteiger partial charge in [-0.15, -0.1) is 0 Å². The van der Waals surface area contributed by atoms with Crippen molar-refractivity contribution < 1.29 is 13.2 Å². The van der Waals surface area contributed by atoms with Crippen molar-refractivity contribution in [3.63, 3.8) is 0 Å². The average molecular weight is 337 g/mol. The quantitative estimate of drug-likeness (QED) is 0.890. The minimum Gasteiger partial charge on any atom is -0.352 e. The molecular weight excluding hydrogens is 314 g/mol. The van der Waals surface area contributed by atoms with E-state index in [0.717, 1.165) is 24.8 Å². The summed E-state index contributed by atoms with van der Waals surface area (Å²) in [5, 5.41) is 2.84. The van der Waals surface area contributed by atoms with Crippen LogP contribution in [0.25, 0.3) is 0 Å². The molecule has 1 aromatic rings. The number of carbonyl (C=O) groups is 1. The molecule has 0 spiro atoms. The van der Waals surface area contributed by atoms with Crippen LogP contribution in [-0.4, -0.2) is 48.6 Å². The normalized spacial score (nSPS) is 23.3. The van der Waals surface area contributed by atoms with E-state index in [4.69, 9.17) is 0 Å². The van der Waals surface area contributed by atoms with Crippen LogP contribution in [0.3, 0.4) is 0 Å². The maximum absolute atomic E-state index is 12.9. The third-order valence-corrected chi connectivity index (χ3v) is 6.49. The minimum absolute atomic E-state index is 0.0897. The van der Waals surface area contributed by atoms with Crippen LogP contribution < -0.4 is 5.32 Å². The molecule has 2 aliphatic heterocycles. The molecule has 0 radical (unpaired) electrons. The van der Waals surface area contributed by atoms with Gasteiger partial charge in [-0.2, -0.15) is 17.0 Å². The molecule has 0 bridgehead atoms. The highest BCUT2D eigenvalue weighted by molar-refractivity contribution is 7.86. The molecule has 3 rings (SSSR count). The van der Waals surface area contributed by atoms with Crippen LogP contribution in [0.1, 0.15) is 30.9 Å². The van der Waals surface area contributed by atoms with Gasteiger partial charge in [0.15, 0.2) is 0 Å². The number of hydrogen-bond acceptors (Lipinski definition) is 3. The van der Waals surface area contributed by atoms with Gasteiger partial charge in [-0.25, -0.2) is 0 Å². The first-order valence-corrected chi connectivity index (χ1v) is 9.45. The number of carbonyl (C=O) groups excluding carboxylic acids is 1. The SMILES string of the molecule is CC(=O)NC1CCCN(S(=O)(=O)N2CCc3ccccc3C2)C1. The Morgan fingerprint density at radius 3 is 2.65 bits per heavy atom. The minimum atomic E-state index is -3.48. The summed E-state index contributed by atoms with van der Waals surface area (Å²) >= 11 is 0. The fourth-order valence-corrected chi connectivity index (χ4v) is 5.07. The predicted octanol–water partition coefficient (Wildman–Crippen LogP) is 0.890. The zero-order chi connectivity index (χ0) is 16.4. The third kappa shape index (κ3) is 3.57. The molecule has 2 heterocycles. The molecule has 1 N–H and O–H groups in total. The Hall–Kier alpha value is -1.44. The summed E-state index contributed by atoms with van der Waals surface area (Å²) in [7, 11) is -3.48. The maximum Gasteiger partial charge on any atom is 0.282 e. The lowest BCUT2D eigenvalue weighted by Crippen LogP contribution is -2.53. The molecule has 1 amide bonds. The molecule has 1 unspecified atom stereocenters. The van der Waals surface area contributed by atoms with Gasteiger partial charge in [0.1, 0.15) is 0 Å². The van der Waals surface area contributed by atoms with Gasteiger partial charge >= 0.3 is 0 Å². The van der Waals surface area contributed by atoms with Crippen LogP contribution in [0, 0.1) is 0 Å². The number of rotatable bonds is 3. The fraction of sp³-hybridized carbons (Fsp3) is 0.562. The summed E-state index contributed by atoms with van der Waals surface area (Å²) in [5.41, 5.74) is 2.31. The largest absolute Gasteiger partial charge is 0.352 e. The average Bonchev–Trinajstić information content (AvgIpc) is 2.54. The number of piperidine rings is 1. The van der Waals surface area contributed by atoms with E-state index in [2.05, 4.69) is 11.4 Å². The van der Waals surface area contributed by atoms with E-state index in [-0.39, 0.29) is 11.9 Å². The summed E-state index contributed by atoms with van der Waals surface area (Å²) in [5.74, 6) is -0.110. The van der Waals surface area contributed by atoms with Crippen molar-refractivity contribution in [2.24, 2.45) is 0 Å². The topological polar surface area (TPSA) is 69.7 Å². The molecule has 0 aromatic heterocycles. The van der Waals surface area contributed by atoms with Crippen LogP contribution in [0.5, 0.6) is 0 Å². The van der Waals surface area contributed by atoms with Crippen LogP contribution in [0.15, 0.2) is 24.3 Å². The second kappa shape index (κ2) is 6.59. The molecule has 0 saturated carbocycles. The van der Waals surface area contributed by atoms with E-state index in [1.54, 1.807) is 4.31 Å². The van der Waals surface area contributed by atoms with Crippen LogP contribution in [0.4, 0.5) is 0 Å². The molecule has 126 valence electrons. The highest BCUT2D eigenvalue weighted by atomic mass is 32.2. The molecule has 1 fully saturated rings. The smallest absolute Gasteiger partial charge is 0.282 e. The van der Waals surface area contributed by atoms with Crippen molar-refractivity contribution in [1.29, 1.82) is 0 Å². The number of hydrogen-bond donors (Lipinski definition) is 1. The molecule has 2 aliphatic rings. The summed E-state index contributed by atoms with van der Waals surface area (Å²) in [6, 6.07) is 7.90. The highest BCUT2D eigenvalue weighted by Crippen LogP contribution is 2.24. The fourth-order valence-electron chi connectivity index (χ4n) is 3.39. The standard InChI is InChI=1S/C16H23N3O3S/c1-13(20)17-16-7-4-9-18(12-16)23(21,22)19-10-8-14-5-2-3-6-15(14)11-19/h2-3,5-6,16H,4,7-12H2,1H3,(H,17,20). The summed E-state index contributed by atoms with van der Waals surface area (Å²) in [6.07, 6.45) is 2.35. The lowest BCUT2D eigenvalue weighted by atomic mass is 10.0. The number of nitrogens with zero attached hydrogens (tertiary/aromatic N) is 2. The summed E-state index contributed by atoms with van der Waals surface area (Å²) in [6.45, 7) is 3.30. The number of fused-ring (bicyclic) bond motifs is 1. The van der Waals surface area contributed by atoms with Gasteiger partial charge in [-0.3, -0.25) is 4.79 Å². The van der Waals surface area contributed by atoms with Crippen LogP contribution in [-0.2, 0) is 28.0 Å². The van der Waals surface area contributed by atoms with Gasteiger partial charge in [0.25, 0.3) is 10.2 Å². The summed E-state index contributed by atoms with van der Waals surface area (Å²) < 4.78 is 28.9. The van der Waals surface area contributed by atoms with Crippen molar-refractivity contribution >= 4 is 16.1 Å². The van der Waals surface area contributed by atoms with Crippen molar-refractivity contribution in [2.45, 2.75) is 38.8 Å². The van der Waals surface area contributed by atoms with Gasteiger partial charge < -0.3 is 5.32 Å². The first-order valence-electron chi connectivity index (χ1n) is 8.06. The second-order valence-electron chi connectivity index (χ2n) is 6.26. The number of benzene rings is 1. The van der Waals surface area contributed by atoms with Crippen molar-refractivity contribution in [1.82, 2.24) is 13.9 Å². The molecule has 1 atom stereocenters. The zero-order valence-corrected chi connectivity index (χ0v) is 14.2. The first-order chi connectivity index (χ1) is 11.0. The molecule has 0 aliphatic carbocycles. The molecule has 6 nitrogen and oxygen atoms in total. The Bertz CT molecular complexity index is 690. The first kappa shape index (κ1) is 16.4. The zero-order valence-electron chi connectivity index (χ0n) is 13.4. The Labute approximate surface area is 137 Å². The van der Waals surface area contributed by atoms with Gasteiger partial charge in [-0.05, 0) is 30.4 Å². The van der Waals surface area contributed by atoms with E-state index in [1.165, 1.54) is 16.8 Å². The Kier molecular flexibility index (Phi) is 4.70. The Morgan fingerprint density at radius 1 is 1.17 bits per heavy atom. The predicted molar refractivity (Wildman–Crippen MR) is 87.9 cm³/mol. The molecule has 1 aromatic carbocycles. The van der Waals surface area contributed by atoms with E-state index in [1.807, 2.05) is 18.2 Å². The maximum atomic E-state index is 12.9. The molecular formula is C16H23N3O3S. The van der Waals surface area contributed by atoms with Gasteiger partial charge in [0, 0.05) is 39.1 Å². The summed E-state index contributed by atoms with van der Waals surface area (Å²) in [4.78, 5) is 11.2. The lowest BCUT2D eigenvalue weighted by molar-refractivity contribution is -0.119. The van der Waals surface area contributed by atoms with Crippen LogP contribution in [0.2, 0.25) is 0 Å². The molecule has 7 heteroatoms. The number of amides is 1. The van der Waals surface area contributed by atoms with Gasteiger partial charge in [-0.1, -0.05) is 24.3 Å². The van der Waals surface area contributed by atoms with Gasteiger partial charge in [0.05, 0.1) is 0 Å². The third-order valence-electron chi connectivity index (χ3n) is 4.54. The van der Waals surface area contributed by atoms with Crippen molar-refractivity contribution in [3.05, 3.63) is 35.4 Å². The van der Waals surface area contributed by atoms with E-state index in [9.17, 15) is 13.2 Å². The van der Waals surface area contributed by atoms with Crippen molar-refractivity contribution in [2.75, 3.05) is 19.6 Å². The lowest BCUT2D eigenvalue weighted by Gasteiger charge is -2.37. The van der Waals surface area contributed by atoms with Gasteiger partial charge in [0.2, 0.25) is 5.91 Å². The number of nitrogens with one attached hydrogen (secondary N) is 1. The van der Waals surface area contributed by atoms with E-state index >= 15 is 0 Å². The van der Waals surface area contributed by atoms with E-state index < -0.39 is 10.2 Å². The second-order valence-corrected chi connectivity index (χ2v) is 8.19. The van der Waals surface area contributed by atoms with E-state index in [0.29, 0.717) is 26.2 Å². The Balaban J connectivity index is 1.73. The Morgan fingerprint density at radius 2 is 1.91 bits per heavy atom. The van der Waals surface area contributed by atoms with Crippen molar-refractivity contribution in [3.8, 4) is 0 Å². The molecule has 1 saturated heterocycles. The molecule has 23 heavy (non-hydrogen) atoms.